The van der Waals surface area contributed by atoms with Crippen molar-refractivity contribution in [2.45, 2.75) is 38.0 Å². The number of carbonyl (C=O) groups excluding carboxylic acids is 1. The van der Waals surface area contributed by atoms with Gasteiger partial charge >= 0.3 is 0 Å². The summed E-state index contributed by atoms with van der Waals surface area (Å²) in [6.07, 6.45) is 6.67. The van der Waals surface area contributed by atoms with Crippen LogP contribution < -0.4 is 15.8 Å². The van der Waals surface area contributed by atoms with Crippen LogP contribution in [-0.4, -0.2) is 29.2 Å². The molecule has 2 heterocycles. The van der Waals surface area contributed by atoms with Gasteiger partial charge in [-0.2, -0.15) is 5.10 Å². The van der Waals surface area contributed by atoms with E-state index in [-0.39, 0.29) is 5.91 Å². The lowest BCUT2D eigenvalue weighted by molar-refractivity contribution is -0.120. The van der Waals surface area contributed by atoms with Gasteiger partial charge in [-0.15, -0.1) is 5.10 Å². The lowest BCUT2D eigenvalue weighted by atomic mass is 9.89. The van der Waals surface area contributed by atoms with Gasteiger partial charge in [-0.1, -0.05) is 41.9 Å². The quantitative estimate of drug-likeness (QED) is 0.741. The third-order valence-corrected chi connectivity index (χ3v) is 5.74. The monoisotopic (exact) mass is 385 g/mol. The molecule has 1 aromatic heterocycles. The molecule has 0 radical (unpaired) electrons. The molecule has 0 spiro atoms. The summed E-state index contributed by atoms with van der Waals surface area (Å²) in [6.45, 7) is 1.83. The van der Waals surface area contributed by atoms with E-state index in [0.29, 0.717) is 29.1 Å². The van der Waals surface area contributed by atoms with Crippen LogP contribution >= 0.6 is 11.6 Å². The molecule has 2 aliphatic rings. The molecule has 2 N–H and O–H groups in total. The highest BCUT2D eigenvalue weighted by atomic mass is 35.5. The maximum absolute atomic E-state index is 11.9. The second kappa shape index (κ2) is 8.13. The lowest BCUT2D eigenvalue weighted by Gasteiger charge is -2.34. The molecule has 1 amide bonds. The third-order valence-electron chi connectivity index (χ3n) is 5.37. The number of rotatable bonds is 6. The first-order valence-electron chi connectivity index (χ1n) is 9.56. The highest BCUT2D eigenvalue weighted by Crippen LogP contribution is 2.35. The number of nitrogens with one attached hydrogen (secondary N) is 2. The number of amides is 1. The zero-order chi connectivity index (χ0) is 18.6. The van der Waals surface area contributed by atoms with Crippen molar-refractivity contribution < 1.29 is 4.79 Å². The topological polar surface area (TPSA) is 70.1 Å². The van der Waals surface area contributed by atoms with Crippen LogP contribution in [0.25, 0.3) is 0 Å². The Hall–Kier alpha value is -2.34. The highest BCUT2D eigenvalue weighted by molar-refractivity contribution is 6.35. The summed E-state index contributed by atoms with van der Waals surface area (Å²) in [7, 11) is 0. The molecule has 0 unspecified atom stereocenters. The maximum atomic E-state index is 11.9. The molecule has 6 nitrogen and oxygen atoms in total. The average molecular weight is 386 g/mol. The van der Waals surface area contributed by atoms with E-state index >= 15 is 0 Å². The second-order valence-electron chi connectivity index (χ2n) is 7.39. The van der Waals surface area contributed by atoms with E-state index in [1.165, 1.54) is 5.56 Å². The van der Waals surface area contributed by atoms with Crippen LogP contribution in [0.4, 0.5) is 11.5 Å². The van der Waals surface area contributed by atoms with E-state index in [4.69, 9.17) is 11.6 Å². The molecule has 1 saturated heterocycles. The number of hydrogen-bond acceptors (Lipinski definition) is 5. The van der Waals surface area contributed by atoms with Crippen LogP contribution in [0.15, 0.2) is 36.5 Å². The van der Waals surface area contributed by atoms with Gasteiger partial charge in [0.2, 0.25) is 5.91 Å². The number of halogens is 1. The predicted octanol–water partition coefficient (Wildman–Crippen LogP) is 3.76. The molecule has 7 heteroatoms. The van der Waals surface area contributed by atoms with Gasteiger partial charge in [-0.05, 0) is 43.1 Å². The van der Waals surface area contributed by atoms with Crippen LogP contribution in [-0.2, 0) is 4.79 Å². The van der Waals surface area contributed by atoms with E-state index in [1.54, 1.807) is 6.20 Å². The first kappa shape index (κ1) is 18.0. The standard InChI is InChI=1S/C20H24ClN5O/c21-19-17(13-22-24-20(19)25-23-18(27)12-14-6-7-14)26-10-8-16(9-11-26)15-4-2-1-3-5-15/h1-5,13-14,16H,6-12H2,(H,23,27)(H,24,25). The summed E-state index contributed by atoms with van der Waals surface area (Å²) in [4.78, 5) is 14.1. The molecule has 1 aliphatic heterocycles. The Labute approximate surface area is 164 Å². The molecular weight excluding hydrogens is 362 g/mol. The number of piperidine rings is 1. The van der Waals surface area contributed by atoms with Gasteiger partial charge < -0.3 is 4.90 Å². The number of aromatic nitrogens is 2. The summed E-state index contributed by atoms with van der Waals surface area (Å²) in [5.41, 5.74) is 7.76. The number of carbonyl (C=O) groups is 1. The van der Waals surface area contributed by atoms with Crippen LogP contribution in [0.1, 0.15) is 43.6 Å². The average Bonchev–Trinajstić information content (AvgIpc) is 3.52. The molecule has 2 aromatic rings. The first-order chi connectivity index (χ1) is 13.2. The summed E-state index contributed by atoms with van der Waals surface area (Å²) in [5, 5.41) is 8.58. The third kappa shape index (κ3) is 4.50. The van der Waals surface area contributed by atoms with Gasteiger partial charge in [0, 0.05) is 19.5 Å². The number of benzene rings is 1. The van der Waals surface area contributed by atoms with Crippen LogP contribution in [0.2, 0.25) is 5.02 Å². The fourth-order valence-corrected chi connectivity index (χ4v) is 3.86. The molecule has 142 valence electrons. The minimum Gasteiger partial charge on any atom is -0.369 e. The number of hydrazine groups is 1. The Kier molecular flexibility index (Phi) is 5.43. The molecule has 1 saturated carbocycles. The van der Waals surface area contributed by atoms with Gasteiger partial charge in [-0.3, -0.25) is 15.6 Å². The van der Waals surface area contributed by atoms with E-state index in [9.17, 15) is 4.79 Å². The highest BCUT2D eigenvalue weighted by Gasteiger charge is 2.25. The SMILES string of the molecule is O=C(CC1CC1)NNc1nncc(N2CCC(c3ccccc3)CC2)c1Cl. The lowest BCUT2D eigenvalue weighted by Crippen LogP contribution is -2.34. The second-order valence-corrected chi connectivity index (χ2v) is 7.76. The molecule has 1 aromatic carbocycles. The first-order valence-corrected chi connectivity index (χ1v) is 9.94. The van der Waals surface area contributed by atoms with Gasteiger partial charge in [0.15, 0.2) is 5.82 Å². The fourth-order valence-electron chi connectivity index (χ4n) is 3.61. The fraction of sp³-hybridized carbons (Fsp3) is 0.450. The minimum absolute atomic E-state index is 0.0376. The van der Waals surface area contributed by atoms with Crippen LogP contribution in [0.5, 0.6) is 0 Å². The molecule has 0 bridgehead atoms. The Bertz CT molecular complexity index is 788. The van der Waals surface area contributed by atoms with Crippen molar-refractivity contribution in [2.75, 3.05) is 23.4 Å². The molecular formula is C20H24ClN5O. The van der Waals surface area contributed by atoms with Crippen molar-refractivity contribution in [3.05, 3.63) is 47.1 Å². The summed E-state index contributed by atoms with van der Waals surface area (Å²) in [6, 6.07) is 10.7. The maximum Gasteiger partial charge on any atom is 0.238 e. The number of anilines is 2. The van der Waals surface area contributed by atoms with Crippen molar-refractivity contribution >= 4 is 29.0 Å². The van der Waals surface area contributed by atoms with Crippen LogP contribution in [0, 0.1) is 5.92 Å². The van der Waals surface area contributed by atoms with Gasteiger partial charge in [0.25, 0.3) is 0 Å². The molecule has 1 aliphatic carbocycles. The molecule has 4 rings (SSSR count). The van der Waals surface area contributed by atoms with E-state index in [2.05, 4.69) is 56.3 Å². The largest absolute Gasteiger partial charge is 0.369 e. The van der Waals surface area contributed by atoms with Crippen LogP contribution in [0.3, 0.4) is 0 Å². The van der Waals surface area contributed by atoms with Gasteiger partial charge in [-0.25, -0.2) is 0 Å². The zero-order valence-electron chi connectivity index (χ0n) is 15.2. The Morgan fingerprint density at radius 3 is 2.59 bits per heavy atom. The zero-order valence-corrected chi connectivity index (χ0v) is 16.0. The number of hydrogen-bond donors (Lipinski definition) is 2. The van der Waals surface area contributed by atoms with E-state index in [1.807, 2.05) is 0 Å². The van der Waals surface area contributed by atoms with Crippen molar-refractivity contribution in [3.8, 4) is 0 Å². The molecule has 2 fully saturated rings. The summed E-state index contributed by atoms with van der Waals surface area (Å²) >= 11 is 6.54. The Morgan fingerprint density at radius 2 is 1.89 bits per heavy atom. The Balaban J connectivity index is 1.37. The van der Waals surface area contributed by atoms with Crippen molar-refractivity contribution in [1.29, 1.82) is 0 Å². The minimum atomic E-state index is -0.0376. The molecule has 27 heavy (non-hydrogen) atoms. The van der Waals surface area contributed by atoms with Gasteiger partial charge in [0.05, 0.1) is 11.9 Å². The summed E-state index contributed by atoms with van der Waals surface area (Å²) in [5.74, 6) is 1.47. The summed E-state index contributed by atoms with van der Waals surface area (Å²) < 4.78 is 0. The van der Waals surface area contributed by atoms with E-state index < -0.39 is 0 Å². The number of nitrogens with zero attached hydrogens (tertiary/aromatic N) is 3. The van der Waals surface area contributed by atoms with Gasteiger partial charge in [0.1, 0.15) is 5.02 Å². The van der Waals surface area contributed by atoms with Crippen molar-refractivity contribution in [2.24, 2.45) is 5.92 Å². The Morgan fingerprint density at radius 1 is 1.15 bits per heavy atom. The van der Waals surface area contributed by atoms with Crippen molar-refractivity contribution in [1.82, 2.24) is 15.6 Å². The molecule has 0 atom stereocenters. The van der Waals surface area contributed by atoms with Crippen molar-refractivity contribution in [3.63, 3.8) is 0 Å². The van der Waals surface area contributed by atoms with E-state index in [0.717, 1.165) is 44.5 Å². The normalized spacial score (nSPS) is 17.6. The smallest absolute Gasteiger partial charge is 0.238 e. The predicted molar refractivity (Wildman–Crippen MR) is 107 cm³/mol.